The Morgan fingerprint density at radius 1 is 1.19 bits per heavy atom. The van der Waals surface area contributed by atoms with Crippen LogP contribution in [0.15, 0.2) is 52.5 Å². The molecule has 0 unspecified atom stereocenters. The van der Waals surface area contributed by atoms with E-state index in [-0.39, 0.29) is 5.76 Å². The van der Waals surface area contributed by atoms with Gasteiger partial charge in [-0.05, 0) is 47.2 Å². The molecule has 0 fully saturated rings. The molecular weight excluding hydrogens is 305 g/mol. The fraction of sp³-hybridized carbons (Fsp3) is 0.0714. The van der Waals surface area contributed by atoms with E-state index in [9.17, 15) is 18.0 Å². The summed E-state index contributed by atoms with van der Waals surface area (Å²) in [6.07, 6.45) is -2.92. The van der Waals surface area contributed by atoms with Crippen molar-refractivity contribution in [1.82, 2.24) is 0 Å². The summed E-state index contributed by atoms with van der Waals surface area (Å²) in [5.74, 6) is -1.06. The smallest absolute Gasteiger partial charge is 0.416 e. The molecular formula is C14H9F3O3S. The van der Waals surface area contributed by atoms with Gasteiger partial charge in [-0.15, -0.1) is 11.3 Å². The van der Waals surface area contributed by atoms with Crippen LogP contribution in [0.2, 0.25) is 0 Å². The van der Waals surface area contributed by atoms with E-state index in [1.54, 1.807) is 11.4 Å². The number of carbonyl (C=O) groups is 1. The molecule has 0 saturated heterocycles. The molecule has 21 heavy (non-hydrogen) atoms. The van der Waals surface area contributed by atoms with E-state index in [2.05, 4.69) is 4.42 Å². The van der Waals surface area contributed by atoms with Crippen molar-refractivity contribution in [1.29, 1.82) is 0 Å². The van der Waals surface area contributed by atoms with Crippen molar-refractivity contribution in [3.8, 4) is 0 Å². The van der Waals surface area contributed by atoms with Gasteiger partial charge < -0.3 is 9.52 Å². The molecule has 7 heteroatoms. The van der Waals surface area contributed by atoms with Gasteiger partial charge in [0.05, 0.1) is 11.8 Å². The zero-order chi connectivity index (χ0) is 15.5. The van der Waals surface area contributed by atoms with Crippen molar-refractivity contribution in [3.05, 3.63) is 59.4 Å². The third-order valence-corrected chi connectivity index (χ3v) is 3.41. The minimum atomic E-state index is -4.24. The topological polar surface area (TPSA) is 50.4 Å². The lowest BCUT2D eigenvalue weighted by Gasteiger charge is -2.05. The molecule has 0 saturated carbocycles. The number of benzene rings is 1. The summed E-state index contributed by atoms with van der Waals surface area (Å²) in [4.78, 5) is 9.97. The first-order valence-corrected chi connectivity index (χ1v) is 6.57. The molecule has 3 nitrogen and oxygen atoms in total. The molecule has 1 N–H and O–H groups in total. The van der Waals surface area contributed by atoms with Gasteiger partial charge in [-0.2, -0.15) is 13.2 Å². The average molecular weight is 314 g/mol. The Bertz CT molecular complexity index is 729. The third kappa shape index (κ3) is 3.85. The van der Waals surface area contributed by atoms with Crippen LogP contribution in [-0.4, -0.2) is 11.1 Å². The monoisotopic (exact) mass is 314 g/mol. The zero-order valence-electron chi connectivity index (χ0n) is 10.4. The lowest BCUT2D eigenvalue weighted by molar-refractivity contribution is -0.137. The molecule has 0 atom stereocenters. The normalized spacial score (nSPS) is 11.0. The highest BCUT2D eigenvalue weighted by molar-refractivity contribution is 7.17. The fourth-order valence-electron chi connectivity index (χ4n) is 1.54. The second-order valence-corrected chi connectivity index (χ2v) is 4.90. The van der Waals surface area contributed by atoms with Gasteiger partial charge in [0.1, 0.15) is 0 Å². The van der Waals surface area contributed by atoms with E-state index in [0.29, 0.717) is 5.39 Å². The SMILES string of the molecule is FC(F)(F)c1ccc2sccc2c1.O=C(O)c1ccco1. The van der Waals surface area contributed by atoms with Crippen molar-refractivity contribution in [2.45, 2.75) is 6.18 Å². The van der Waals surface area contributed by atoms with Crippen molar-refractivity contribution in [2.24, 2.45) is 0 Å². The van der Waals surface area contributed by atoms with Gasteiger partial charge in [-0.3, -0.25) is 0 Å². The molecule has 2 aromatic heterocycles. The molecule has 0 radical (unpaired) electrons. The van der Waals surface area contributed by atoms with Crippen molar-refractivity contribution >= 4 is 27.4 Å². The van der Waals surface area contributed by atoms with E-state index in [1.807, 2.05) is 0 Å². The van der Waals surface area contributed by atoms with Crippen LogP contribution in [0.1, 0.15) is 16.1 Å². The van der Waals surface area contributed by atoms with E-state index in [1.165, 1.54) is 41.9 Å². The Morgan fingerprint density at radius 3 is 2.48 bits per heavy atom. The number of fused-ring (bicyclic) bond motifs is 1. The largest absolute Gasteiger partial charge is 0.475 e. The molecule has 3 rings (SSSR count). The highest BCUT2D eigenvalue weighted by Crippen LogP contribution is 2.32. The summed E-state index contributed by atoms with van der Waals surface area (Å²) >= 11 is 1.44. The first kappa shape index (κ1) is 15.1. The molecule has 0 aliphatic heterocycles. The van der Waals surface area contributed by atoms with Crippen molar-refractivity contribution in [2.75, 3.05) is 0 Å². The van der Waals surface area contributed by atoms with Gasteiger partial charge in [-0.25, -0.2) is 4.79 Å². The maximum atomic E-state index is 12.2. The number of carboxylic acids is 1. The van der Waals surface area contributed by atoms with Crippen LogP contribution >= 0.6 is 11.3 Å². The van der Waals surface area contributed by atoms with Gasteiger partial charge in [0.25, 0.3) is 0 Å². The maximum Gasteiger partial charge on any atom is 0.416 e. The van der Waals surface area contributed by atoms with Crippen LogP contribution in [0.25, 0.3) is 10.1 Å². The number of alkyl halides is 3. The minimum absolute atomic E-state index is 0.0231. The maximum absolute atomic E-state index is 12.2. The standard InChI is InChI=1S/C9H5F3S.C5H4O3/c10-9(11,12)7-1-2-8-6(5-7)3-4-13-8;6-5(7)4-2-1-3-8-4/h1-5H;1-3H,(H,6,7). The van der Waals surface area contributed by atoms with E-state index < -0.39 is 17.7 Å². The predicted octanol–water partition coefficient (Wildman–Crippen LogP) is 4.90. The summed E-state index contributed by atoms with van der Waals surface area (Å²) in [5, 5.41) is 10.6. The molecule has 3 aromatic rings. The predicted molar refractivity (Wildman–Crippen MR) is 72.5 cm³/mol. The first-order chi connectivity index (χ1) is 9.88. The number of hydrogen-bond donors (Lipinski definition) is 1. The molecule has 110 valence electrons. The van der Waals surface area contributed by atoms with Gasteiger partial charge in [0.15, 0.2) is 0 Å². The third-order valence-electron chi connectivity index (χ3n) is 2.51. The van der Waals surface area contributed by atoms with Crippen LogP contribution in [0.5, 0.6) is 0 Å². The number of rotatable bonds is 1. The summed E-state index contributed by atoms with van der Waals surface area (Å²) in [6, 6.07) is 8.40. The summed E-state index contributed by atoms with van der Waals surface area (Å²) in [5.41, 5.74) is -0.585. The minimum Gasteiger partial charge on any atom is -0.475 e. The van der Waals surface area contributed by atoms with Crippen LogP contribution in [-0.2, 0) is 6.18 Å². The molecule has 0 aliphatic rings. The molecule has 0 bridgehead atoms. The van der Waals surface area contributed by atoms with Crippen molar-refractivity contribution in [3.63, 3.8) is 0 Å². The van der Waals surface area contributed by atoms with Gasteiger partial charge in [0.2, 0.25) is 5.76 Å². The second kappa shape index (κ2) is 6.01. The number of halogens is 3. The van der Waals surface area contributed by atoms with Gasteiger partial charge in [-0.1, -0.05) is 0 Å². The van der Waals surface area contributed by atoms with E-state index in [4.69, 9.17) is 5.11 Å². The number of hydrogen-bond acceptors (Lipinski definition) is 3. The molecule has 0 spiro atoms. The van der Waals surface area contributed by atoms with Crippen LogP contribution < -0.4 is 0 Å². The Balaban J connectivity index is 0.000000173. The number of aromatic carboxylic acids is 1. The average Bonchev–Trinajstić information content (AvgIpc) is 3.09. The fourth-order valence-corrected chi connectivity index (χ4v) is 2.31. The number of thiophene rings is 1. The quantitative estimate of drug-likeness (QED) is 0.695. The number of carboxylic acid groups (broad SMARTS) is 1. The summed E-state index contributed by atoms with van der Waals surface area (Å²) in [6.45, 7) is 0. The summed E-state index contributed by atoms with van der Waals surface area (Å²) < 4.78 is 42.1. The highest BCUT2D eigenvalue weighted by atomic mass is 32.1. The molecule has 2 heterocycles. The summed E-state index contributed by atoms with van der Waals surface area (Å²) in [7, 11) is 0. The Morgan fingerprint density at radius 2 is 1.95 bits per heavy atom. The number of furan rings is 1. The van der Waals surface area contributed by atoms with Gasteiger partial charge >= 0.3 is 12.1 Å². The van der Waals surface area contributed by atoms with Crippen LogP contribution in [0.4, 0.5) is 13.2 Å². The van der Waals surface area contributed by atoms with Gasteiger partial charge in [0, 0.05) is 4.70 Å². The Labute approximate surface area is 121 Å². The second-order valence-electron chi connectivity index (χ2n) is 3.95. The van der Waals surface area contributed by atoms with Crippen molar-refractivity contribution < 1.29 is 27.5 Å². The molecule has 0 amide bonds. The Hall–Kier alpha value is -2.28. The van der Waals surface area contributed by atoms with Crippen LogP contribution in [0, 0.1) is 0 Å². The van der Waals surface area contributed by atoms with E-state index in [0.717, 1.165) is 10.8 Å². The van der Waals surface area contributed by atoms with E-state index >= 15 is 0 Å². The highest BCUT2D eigenvalue weighted by Gasteiger charge is 2.30. The lowest BCUT2D eigenvalue weighted by Crippen LogP contribution is -2.03. The first-order valence-electron chi connectivity index (χ1n) is 5.69. The van der Waals surface area contributed by atoms with Crippen LogP contribution in [0.3, 0.4) is 0 Å². The Kier molecular flexibility index (Phi) is 4.32. The molecule has 0 aliphatic carbocycles. The lowest BCUT2D eigenvalue weighted by atomic mass is 10.1. The zero-order valence-corrected chi connectivity index (χ0v) is 11.2. The molecule has 1 aromatic carbocycles.